The van der Waals surface area contributed by atoms with Crippen molar-refractivity contribution < 1.29 is 13.6 Å². The van der Waals surface area contributed by atoms with Crippen LogP contribution in [0, 0.1) is 0 Å². The number of carbonyl (C=O) groups excluding carboxylic acids is 1. The highest BCUT2D eigenvalue weighted by atomic mass is 32.3. The summed E-state index contributed by atoms with van der Waals surface area (Å²) in [5.74, 6) is 1.13. The first-order valence-electron chi connectivity index (χ1n) is 10.2. The van der Waals surface area contributed by atoms with Gasteiger partial charge in [-0.1, -0.05) is 15.5 Å². The number of hydrogen-bond acceptors (Lipinski definition) is 6. The minimum Gasteiger partial charge on any atom is -0.592 e. The van der Waals surface area contributed by atoms with Crippen LogP contribution in [0.15, 0.2) is 40.2 Å². The van der Waals surface area contributed by atoms with E-state index < -0.39 is 16.4 Å². The van der Waals surface area contributed by atoms with Gasteiger partial charge in [0.25, 0.3) is 0 Å². The number of nitrogens with one attached hydrogen (secondary N) is 1. The Labute approximate surface area is 179 Å². The average Bonchev–Trinajstić information content (AvgIpc) is 3.53. The van der Waals surface area contributed by atoms with Gasteiger partial charge in [-0.25, -0.2) is 4.98 Å². The number of H-pyrrole nitrogens is 1. The van der Waals surface area contributed by atoms with Crippen LogP contribution in [0.2, 0.25) is 0 Å². The Bertz CT molecular complexity index is 1060. The standard InChI is InChI=1S/C20H23N5O3S2/c26-20(17-3-1-9-25(17)30(27,28)18-4-2-12-29-18)24-10-6-14(7-11-24)19-22-15-5-8-21-13-16(15)23-19/h2,4-5,8,12-14,17H,1,3,6-7,9-11H2,(H-,21,22,23,27,28). The van der Waals surface area contributed by atoms with Crippen LogP contribution in [0.25, 0.3) is 11.0 Å². The first kappa shape index (κ1) is 19.8. The summed E-state index contributed by atoms with van der Waals surface area (Å²) in [4.78, 5) is 27.2. The van der Waals surface area contributed by atoms with Gasteiger partial charge in [-0.15, -0.1) is 4.31 Å². The second-order valence-corrected chi connectivity index (χ2v) is 10.9. The maximum absolute atomic E-state index is 13.2. The summed E-state index contributed by atoms with van der Waals surface area (Å²) < 4.78 is 27.6. The third kappa shape index (κ3) is 3.47. The number of piperidine rings is 1. The Morgan fingerprint density at radius 3 is 2.80 bits per heavy atom. The van der Waals surface area contributed by atoms with E-state index in [0.29, 0.717) is 36.7 Å². The number of aromatic nitrogens is 3. The number of nitrogens with zero attached hydrogens (tertiary/aromatic N) is 4. The fraction of sp³-hybridized carbons (Fsp3) is 0.450. The molecule has 0 aromatic carbocycles. The zero-order valence-corrected chi connectivity index (χ0v) is 18.0. The lowest BCUT2D eigenvalue weighted by Gasteiger charge is -2.35. The maximum atomic E-state index is 13.2. The van der Waals surface area contributed by atoms with Gasteiger partial charge in [0.2, 0.25) is 10.1 Å². The fourth-order valence-electron chi connectivity index (χ4n) is 4.45. The smallest absolute Gasteiger partial charge is 0.244 e. The molecule has 0 radical (unpaired) electrons. The van der Waals surface area contributed by atoms with Crippen molar-refractivity contribution in [3.05, 3.63) is 41.8 Å². The number of rotatable bonds is 4. The molecule has 10 heteroatoms. The summed E-state index contributed by atoms with van der Waals surface area (Å²) in [5.41, 5.74) is 1.82. The van der Waals surface area contributed by atoms with Gasteiger partial charge in [-0.3, -0.25) is 9.78 Å². The number of carbonyl (C=O) groups is 1. The Balaban J connectivity index is 1.26. The molecule has 2 atom stereocenters. The molecule has 1 amide bonds. The third-order valence-electron chi connectivity index (χ3n) is 6.04. The van der Waals surface area contributed by atoms with Crippen molar-refractivity contribution in [3.63, 3.8) is 0 Å². The number of fused-ring (bicyclic) bond motifs is 1. The van der Waals surface area contributed by atoms with E-state index in [-0.39, 0.29) is 11.8 Å². The molecular formula is C20H23N5O3S2. The largest absolute Gasteiger partial charge is 0.592 e. The highest BCUT2D eigenvalue weighted by molar-refractivity contribution is 7.97. The summed E-state index contributed by atoms with van der Waals surface area (Å²) >= 11 is 1.20. The van der Waals surface area contributed by atoms with Gasteiger partial charge < -0.3 is 14.4 Å². The predicted octanol–water partition coefficient (Wildman–Crippen LogP) is 2.79. The topological polar surface area (TPSA) is 105 Å². The lowest BCUT2D eigenvalue weighted by Crippen LogP contribution is -2.51. The van der Waals surface area contributed by atoms with Crippen LogP contribution < -0.4 is 0 Å². The lowest BCUT2D eigenvalue weighted by atomic mass is 9.95. The van der Waals surface area contributed by atoms with E-state index >= 15 is 0 Å². The second-order valence-electron chi connectivity index (χ2n) is 7.82. The van der Waals surface area contributed by atoms with E-state index in [1.807, 2.05) is 11.0 Å². The SMILES string of the molecule is O=C(C1CCCN1[S+](=O)([O-])c1cccs1)N1CCC(c2nc3ccncc3[nH]2)CC1. The van der Waals surface area contributed by atoms with Crippen LogP contribution in [0.1, 0.15) is 37.4 Å². The van der Waals surface area contributed by atoms with Crippen LogP contribution in [0.3, 0.4) is 0 Å². The highest BCUT2D eigenvalue weighted by Crippen LogP contribution is 2.34. The average molecular weight is 446 g/mol. The Kier molecular flexibility index (Phi) is 5.18. The number of sulfonamides is 1. The summed E-state index contributed by atoms with van der Waals surface area (Å²) in [6.07, 6.45) is 6.41. The van der Waals surface area contributed by atoms with Crippen molar-refractivity contribution >= 4 is 38.7 Å². The molecule has 2 saturated heterocycles. The molecule has 3 aromatic rings. The van der Waals surface area contributed by atoms with Crippen molar-refractivity contribution in [2.24, 2.45) is 0 Å². The molecule has 30 heavy (non-hydrogen) atoms. The van der Waals surface area contributed by atoms with Gasteiger partial charge in [-0.05, 0) is 43.2 Å². The number of pyridine rings is 1. The van der Waals surface area contributed by atoms with Crippen molar-refractivity contribution in [2.75, 3.05) is 19.6 Å². The van der Waals surface area contributed by atoms with Gasteiger partial charge in [0.15, 0.2) is 10.4 Å². The number of thiophene rings is 1. The Morgan fingerprint density at radius 1 is 1.23 bits per heavy atom. The van der Waals surface area contributed by atoms with Crippen LogP contribution >= 0.6 is 11.3 Å². The second kappa shape index (κ2) is 7.84. The molecule has 0 aliphatic carbocycles. The minimum absolute atomic E-state index is 0.0695. The highest BCUT2D eigenvalue weighted by Gasteiger charge is 2.45. The molecule has 2 aliphatic heterocycles. The van der Waals surface area contributed by atoms with Crippen molar-refractivity contribution in [1.82, 2.24) is 24.2 Å². The van der Waals surface area contributed by atoms with Crippen LogP contribution in [-0.4, -0.2) is 60.3 Å². The van der Waals surface area contributed by atoms with Gasteiger partial charge in [-0.2, -0.15) is 0 Å². The molecule has 2 aliphatic rings. The van der Waals surface area contributed by atoms with E-state index in [1.165, 1.54) is 15.6 Å². The van der Waals surface area contributed by atoms with Gasteiger partial charge in [0.05, 0.1) is 17.2 Å². The fourth-order valence-corrected chi connectivity index (χ4v) is 7.22. The molecule has 0 spiro atoms. The molecule has 8 nitrogen and oxygen atoms in total. The summed E-state index contributed by atoms with van der Waals surface area (Å²) in [6.45, 7) is 1.63. The summed E-state index contributed by atoms with van der Waals surface area (Å²) in [5, 5.41) is 1.75. The van der Waals surface area contributed by atoms with E-state index in [9.17, 15) is 13.6 Å². The van der Waals surface area contributed by atoms with Crippen LogP contribution in [-0.2, 0) is 19.4 Å². The van der Waals surface area contributed by atoms with Crippen molar-refractivity contribution in [3.8, 4) is 0 Å². The van der Waals surface area contributed by atoms with Crippen molar-refractivity contribution in [1.29, 1.82) is 0 Å². The zero-order valence-electron chi connectivity index (χ0n) is 16.4. The molecule has 1 N–H and O–H groups in total. The molecular weight excluding hydrogens is 422 g/mol. The lowest BCUT2D eigenvalue weighted by molar-refractivity contribution is -0.135. The first-order chi connectivity index (χ1) is 14.5. The molecule has 0 saturated carbocycles. The van der Waals surface area contributed by atoms with Crippen LogP contribution in [0.5, 0.6) is 0 Å². The number of likely N-dealkylation sites (tertiary alicyclic amines) is 1. The number of hydrogen-bond donors (Lipinski definition) is 1. The van der Waals surface area contributed by atoms with Crippen LogP contribution in [0.4, 0.5) is 0 Å². The van der Waals surface area contributed by atoms with E-state index in [1.54, 1.807) is 29.9 Å². The molecule has 3 aromatic heterocycles. The quantitative estimate of drug-likeness (QED) is 0.622. The molecule has 5 rings (SSSR count). The first-order valence-corrected chi connectivity index (χ1v) is 12.5. The molecule has 2 unspecified atom stereocenters. The Morgan fingerprint density at radius 2 is 2.07 bits per heavy atom. The normalized spacial score (nSPS) is 23.1. The Hall–Kier alpha value is -2.14. The predicted molar refractivity (Wildman–Crippen MR) is 114 cm³/mol. The zero-order chi connectivity index (χ0) is 20.7. The van der Waals surface area contributed by atoms with E-state index in [4.69, 9.17) is 0 Å². The van der Waals surface area contributed by atoms with Gasteiger partial charge in [0, 0.05) is 37.8 Å². The van der Waals surface area contributed by atoms with E-state index in [2.05, 4.69) is 15.0 Å². The molecule has 2 fully saturated rings. The minimum atomic E-state index is -3.61. The van der Waals surface area contributed by atoms with Crippen molar-refractivity contribution in [2.45, 2.75) is 41.9 Å². The maximum Gasteiger partial charge on any atom is 0.244 e. The molecule has 0 bridgehead atoms. The number of amides is 1. The summed E-state index contributed by atoms with van der Waals surface area (Å²) in [6, 6.07) is 4.62. The number of aromatic amines is 1. The van der Waals surface area contributed by atoms with Gasteiger partial charge >= 0.3 is 0 Å². The third-order valence-corrected chi connectivity index (χ3v) is 9.32. The van der Waals surface area contributed by atoms with Gasteiger partial charge in [0.1, 0.15) is 11.9 Å². The molecule has 158 valence electrons. The monoisotopic (exact) mass is 445 g/mol. The number of imidazole rings is 1. The molecule has 5 heterocycles. The summed E-state index contributed by atoms with van der Waals surface area (Å²) in [7, 11) is -3.61. The van der Waals surface area contributed by atoms with E-state index in [0.717, 1.165) is 29.7 Å².